The third-order valence-electron chi connectivity index (χ3n) is 3.38. The summed E-state index contributed by atoms with van der Waals surface area (Å²) in [7, 11) is 0. The number of rotatable bonds is 2. The predicted molar refractivity (Wildman–Crippen MR) is 85.9 cm³/mol. The molecule has 1 unspecified atom stereocenters. The molecule has 2 N–H and O–H groups in total. The van der Waals surface area contributed by atoms with E-state index in [9.17, 15) is 22.8 Å². The van der Waals surface area contributed by atoms with Crippen LogP contribution in [0.25, 0.3) is 0 Å². The molecule has 1 aliphatic rings. The van der Waals surface area contributed by atoms with Crippen molar-refractivity contribution >= 4 is 49.9 Å². The molecule has 126 valence electrons. The first kappa shape index (κ1) is 16.9. The van der Waals surface area contributed by atoms with Crippen molar-refractivity contribution in [3.05, 3.63) is 39.3 Å². The second-order valence-corrected chi connectivity index (χ2v) is 7.00. The Labute approximate surface area is 146 Å². The molecule has 0 saturated carbocycles. The molecular weight excluding hydrogens is 411 g/mol. The summed E-state index contributed by atoms with van der Waals surface area (Å²) >= 11 is 3.63. The number of amides is 2. The number of halogens is 4. The lowest BCUT2D eigenvalue weighted by molar-refractivity contribution is -0.134. The molecular formula is C14H9BrF3N3O2S. The predicted octanol–water partition coefficient (Wildman–Crippen LogP) is 3.99. The van der Waals surface area contributed by atoms with Crippen molar-refractivity contribution < 1.29 is 22.8 Å². The minimum Gasteiger partial charge on any atom is -0.326 e. The lowest BCUT2D eigenvalue weighted by atomic mass is 9.90. The van der Waals surface area contributed by atoms with Crippen LogP contribution in [-0.2, 0) is 15.8 Å². The van der Waals surface area contributed by atoms with E-state index in [-0.39, 0.29) is 17.5 Å². The number of hydrogen-bond donors (Lipinski definition) is 2. The number of carbonyl (C=O) groups is 2. The van der Waals surface area contributed by atoms with E-state index >= 15 is 0 Å². The zero-order valence-corrected chi connectivity index (χ0v) is 14.2. The molecule has 0 radical (unpaired) electrons. The number of nitrogens with zero attached hydrogens (tertiary/aromatic N) is 1. The summed E-state index contributed by atoms with van der Waals surface area (Å²) in [5, 5.41) is 4.86. The van der Waals surface area contributed by atoms with E-state index < -0.39 is 22.9 Å². The summed E-state index contributed by atoms with van der Waals surface area (Å²) in [5.74, 6) is -1.71. The molecule has 10 heteroatoms. The van der Waals surface area contributed by atoms with Gasteiger partial charge in [0.2, 0.25) is 11.8 Å². The van der Waals surface area contributed by atoms with Crippen molar-refractivity contribution in [2.45, 2.75) is 18.5 Å². The molecule has 5 nitrogen and oxygen atoms in total. The molecule has 2 amide bonds. The second kappa shape index (κ2) is 6.17. The number of carbonyl (C=O) groups excluding carboxylic acids is 2. The van der Waals surface area contributed by atoms with Crippen molar-refractivity contribution in [1.82, 2.24) is 4.98 Å². The first-order valence-corrected chi connectivity index (χ1v) is 8.28. The molecule has 1 atom stereocenters. The number of aromatic nitrogens is 1. The Morgan fingerprint density at radius 1 is 1.42 bits per heavy atom. The smallest absolute Gasteiger partial charge is 0.326 e. The van der Waals surface area contributed by atoms with Gasteiger partial charge in [0.05, 0.1) is 12.1 Å². The first-order valence-electron chi connectivity index (χ1n) is 6.67. The largest absolute Gasteiger partial charge is 0.427 e. The quantitative estimate of drug-likeness (QED) is 0.772. The van der Waals surface area contributed by atoms with Crippen LogP contribution in [0, 0.1) is 0 Å². The van der Waals surface area contributed by atoms with Crippen LogP contribution < -0.4 is 10.6 Å². The molecule has 3 rings (SSSR count). The van der Waals surface area contributed by atoms with E-state index in [2.05, 4.69) is 31.5 Å². The maximum Gasteiger partial charge on any atom is 0.427 e. The van der Waals surface area contributed by atoms with E-state index in [4.69, 9.17) is 0 Å². The van der Waals surface area contributed by atoms with Gasteiger partial charge in [-0.05, 0) is 23.8 Å². The third-order valence-corrected chi connectivity index (χ3v) is 4.84. The highest BCUT2D eigenvalue weighted by Gasteiger charge is 2.35. The normalized spacial score (nSPS) is 17.2. The summed E-state index contributed by atoms with van der Waals surface area (Å²) in [6.45, 7) is 0. The molecule has 1 aromatic carbocycles. The maximum absolute atomic E-state index is 12.6. The Bertz CT molecular complexity index is 822. The van der Waals surface area contributed by atoms with Gasteiger partial charge >= 0.3 is 6.18 Å². The fourth-order valence-electron chi connectivity index (χ4n) is 2.32. The average molecular weight is 420 g/mol. The summed E-state index contributed by atoms with van der Waals surface area (Å²) in [6.07, 6.45) is -3.94. The van der Waals surface area contributed by atoms with Gasteiger partial charge in [-0.15, -0.1) is 0 Å². The molecule has 0 spiro atoms. The Balaban J connectivity index is 1.84. The lowest BCUT2D eigenvalue weighted by Gasteiger charge is -2.24. The molecule has 0 aliphatic carbocycles. The van der Waals surface area contributed by atoms with Crippen molar-refractivity contribution in [2.24, 2.45) is 0 Å². The van der Waals surface area contributed by atoms with E-state index in [1.165, 1.54) is 0 Å². The highest BCUT2D eigenvalue weighted by molar-refractivity contribution is 9.10. The van der Waals surface area contributed by atoms with Crippen LogP contribution in [-0.4, -0.2) is 16.8 Å². The monoisotopic (exact) mass is 419 g/mol. The highest BCUT2D eigenvalue weighted by atomic mass is 79.9. The van der Waals surface area contributed by atoms with Crippen LogP contribution in [0.15, 0.2) is 28.9 Å². The summed E-state index contributed by atoms with van der Waals surface area (Å²) < 4.78 is 38.5. The topological polar surface area (TPSA) is 71.1 Å². The Morgan fingerprint density at radius 2 is 2.17 bits per heavy atom. The third kappa shape index (κ3) is 3.44. The maximum atomic E-state index is 12.6. The standard InChI is InChI=1S/C14H9BrF3N3O2S/c15-6-1-2-9-7(3-6)8(4-11(22)20-9)12(23)21-13-19-5-10(24-13)14(16,17)18/h1-3,5,8H,4H2,(H,20,22)(H,19,21,23). The van der Waals surface area contributed by atoms with Crippen molar-refractivity contribution in [3.8, 4) is 0 Å². The van der Waals surface area contributed by atoms with E-state index in [0.29, 0.717) is 28.8 Å². The van der Waals surface area contributed by atoms with Gasteiger partial charge in [-0.25, -0.2) is 4.98 Å². The van der Waals surface area contributed by atoms with Crippen LogP contribution in [0.2, 0.25) is 0 Å². The molecule has 1 aromatic heterocycles. The van der Waals surface area contributed by atoms with E-state index in [1.807, 2.05) is 0 Å². The van der Waals surface area contributed by atoms with Crippen LogP contribution in [0.5, 0.6) is 0 Å². The van der Waals surface area contributed by atoms with E-state index in [0.717, 1.165) is 4.47 Å². The Kier molecular flexibility index (Phi) is 4.35. The van der Waals surface area contributed by atoms with Gasteiger partial charge in [-0.1, -0.05) is 27.3 Å². The molecule has 0 bridgehead atoms. The number of hydrogen-bond acceptors (Lipinski definition) is 4. The van der Waals surface area contributed by atoms with Gasteiger partial charge in [0.15, 0.2) is 5.13 Å². The zero-order chi connectivity index (χ0) is 17.5. The molecule has 2 aromatic rings. The molecule has 0 saturated heterocycles. The Morgan fingerprint density at radius 3 is 2.83 bits per heavy atom. The van der Waals surface area contributed by atoms with E-state index in [1.54, 1.807) is 18.2 Å². The number of thiazole rings is 1. The summed E-state index contributed by atoms with van der Waals surface area (Å²) in [5.41, 5.74) is 1.10. The fourth-order valence-corrected chi connectivity index (χ4v) is 3.39. The van der Waals surface area contributed by atoms with Gasteiger partial charge in [-0.2, -0.15) is 13.2 Å². The van der Waals surface area contributed by atoms with Gasteiger partial charge < -0.3 is 10.6 Å². The molecule has 24 heavy (non-hydrogen) atoms. The summed E-state index contributed by atoms with van der Waals surface area (Å²) in [4.78, 5) is 26.8. The number of fused-ring (bicyclic) bond motifs is 1. The molecule has 1 aliphatic heterocycles. The molecule has 2 heterocycles. The Hall–Kier alpha value is -1.94. The first-order chi connectivity index (χ1) is 11.2. The van der Waals surface area contributed by atoms with Gasteiger partial charge in [0, 0.05) is 16.6 Å². The van der Waals surface area contributed by atoms with Gasteiger partial charge in [-0.3, -0.25) is 9.59 Å². The van der Waals surface area contributed by atoms with Gasteiger partial charge in [0.25, 0.3) is 0 Å². The number of nitrogens with one attached hydrogen (secondary N) is 2. The van der Waals surface area contributed by atoms with Crippen molar-refractivity contribution in [1.29, 1.82) is 0 Å². The lowest BCUT2D eigenvalue weighted by Crippen LogP contribution is -2.30. The number of anilines is 2. The van der Waals surface area contributed by atoms with Crippen molar-refractivity contribution in [3.63, 3.8) is 0 Å². The van der Waals surface area contributed by atoms with Crippen molar-refractivity contribution in [2.75, 3.05) is 10.6 Å². The van der Waals surface area contributed by atoms with Crippen LogP contribution in [0.4, 0.5) is 24.0 Å². The fraction of sp³-hybridized carbons (Fsp3) is 0.214. The van der Waals surface area contributed by atoms with Crippen LogP contribution in [0.3, 0.4) is 0 Å². The van der Waals surface area contributed by atoms with Crippen LogP contribution in [0.1, 0.15) is 22.8 Å². The zero-order valence-electron chi connectivity index (χ0n) is 11.8. The SMILES string of the molecule is O=C1CC(C(=O)Nc2ncc(C(F)(F)F)s2)c2cc(Br)ccc2N1. The van der Waals surface area contributed by atoms with Crippen LogP contribution >= 0.6 is 27.3 Å². The molecule has 0 fully saturated rings. The van der Waals surface area contributed by atoms with Gasteiger partial charge in [0.1, 0.15) is 4.88 Å². The minimum atomic E-state index is -4.51. The summed E-state index contributed by atoms with van der Waals surface area (Å²) in [6, 6.07) is 5.07. The minimum absolute atomic E-state index is 0.0905. The average Bonchev–Trinajstić information content (AvgIpc) is 2.95. The number of alkyl halides is 3. The highest BCUT2D eigenvalue weighted by Crippen LogP contribution is 2.37. The second-order valence-electron chi connectivity index (χ2n) is 5.05. The number of benzene rings is 1.